The van der Waals surface area contributed by atoms with Gasteiger partial charge in [-0.15, -0.1) is 0 Å². The van der Waals surface area contributed by atoms with Crippen molar-refractivity contribution in [2.75, 3.05) is 0 Å². The van der Waals surface area contributed by atoms with Gasteiger partial charge in [0.25, 0.3) is 0 Å². The zero-order valence-electron chi connectivity index (χ0n) is 26.3. The van der Waals surface area contributed by atoms with Crippen LogP contribution in [0.1, 0.15) is 0 Å². The third-order valence-electron chi connectivity index (χ3n) is 10.2. The largest absolute Gasteiger partial charge is 0.456 e. The van der Waals surface area contributed by atoms with Crippen LogP contribution >= 0.6 is 0 Å². The quantitative estimate of drug-likeness (QED) is 0.180. The van der Waals surface area contributed by atoms with E-state index in [0.717, 1.165) is 55.5 Å². The molecule has 226 valence electrons. The Morgan fingerprint density at radius 3 is 1.00 bits per heavy atom. The van der Waals surface area contributed by atoms with Crippen LogP contribution in [0.2, 0.25) is 0 Å². The highest BCUT2D eigenvalue weighted by atomic mass is 16.3. The number of hydrogen-bond donors (Lipinski definition) is 0. The van der Waals surface area contributed by atoms with E-state index in [-0.39, 0.29) is 0 Å². The van der Waals surface area contributed by atoms with Gasteiger partial charge in [0.1, 0.15) is 11.2 Å². The summed E-state index contributed by atoms with van der Waals surface area (Å²) in [5.41, 5.74) is 7.76. The van der Waals surface area contributed by atoms with Gasteiger partial charge in [-0.25, -0.2) is 9.97 Å². The second-order valence-corrected chi connectivity index (χ2v) is 12.9. The van der Waals surface area contributed by atoms with Gasteiger partial charge in [-0.05, 0) is 93.0 Å². The third kappa shape index (κ3) is 3.84. The zero-order chi connectivity index (χ0) is 32.1. The van der Waals surface area contributed by atoms with Crippen LogP contribution in [0.5, 0.6) is 0 Å². The number of pyridine rings is 2. The average Bonchev–Trinajstić information content (AvgIpc) is 3.55. The molecule has 0 spiro atoms. The van der Waals surface area contributed by atoms with E-state index in [1.807, 2.05) is 0 Å². The molecule has 3 heterocycles. The van der Waals surface area contributed by atoms with E-state index in [1.54, 1.807) is 0 Å². The molecule has 3 nitrogen and oxygen atoms in total. The topological polar surface area (TPSA) is 38.9 Å². The molecule has 0 unspecified atom stereocenters. The minimum absolute atomic E-state index is 0.858. The summed E-state index contributed by atoms with van der Waals surface area (Å²) >= 11 is 0. The molecule has 3 aromatic heterocycles. The lowest BCUT2D eigenvalue weighted by atomic mass is 9.96. The van der Waals surface area contributed by atoms with Crippen molar-refractivity contribution in [3.8, 4) is 22.5 Å². The minimum atomic E-state index is 0.858. The molecule has 0 aliphatic heterocycles. The van der Waals surface area contributed by atoms with E-state index in [2.05, 4.69) is 158 Å². The van der Waals surface area contributed by atoms with Gasteiger partial charge < -0.3 is 4.42 Å². The summed E-state index contributed by atoms with van der Waals surface area (Å²) in [6.45, 7) is 0. The average molecular weight is 623 g/mol. The van der Waals surface area contributed by atoms with Gasteiger partial charge in [-0.2, -0.15) is 0 Å². The highest BCUT2D eigenvalue weighted by Crippen LogP contribution is 2.39. The van der Waals surface area contributed by atoms with E-state index in [4.69, 9.17) is 14.4 Å². The summed E-state index contributed by atoms with van der Waals surface area (Å²) in [5.74, 6) is 0. The van der Waals surface area contributed by atoms with E-state index >= 15 is 0 Å². The maximum Gasteiger partial charge on any atom is 0.135 e. The zero-order valence-corrected chi connectivity index (χ0v) is 26.3. The van der Waals surface area contributed by atoms with E-state index in [0.29, 0.717) is 0 Å². The predicted octanol–water partition coefficient (Wildman–Crippen LogP) is 12.6. The summed E-state index contributed by atoms with van der Waals surface area (Å²) in [4.78, 5) is 10.6. The van der Waals surface area contributed by atoms with Crippen LogP contribution in [0.3, 0.4) is 0 Å². The van der Waals surface area contributed by atoms with Crippen molar-refractivity contribution in [1.82, 2.24) is 9.97 Å². The summed E-state index contributed by atoms with van der Waals surface area (Å²) in [6, 6.07) is 55.9. The Balaban J connectivity index is 1.08. The lowest BCUT2D eigenvalue weighted by Gasteiger charge is -2.11. The molecule has 0 aliphatic carbocycles. The maximum atomic E-state index is 6.35. The van der Waals surface area contributed by atoms with Crippen molar-refractivity contribution >= 4 is 86.8 Å². The molecule has 11 rings (SSSR count). The van der Waals surface area contributed by atoms with Crippen molar-refractivity contribution in [2.45, 2.75) is 0 Å². The van der Waals surface area contributed by atoms with Gasteiger partial charge in [0.2, 0.25) is 0 Å². The monoisotopic (exact) mass is 622 g/mol. The number of rotatable bonds is 2. The molecule has 0 fully saturated rings. The minimum Gasteiger partial charge on any atom is -0.456 e. The molecule has 0 saturated carbocycles. The lowest BCUT2D eigenvalue weighted by molar-refractivity contribution is 0.669. The molecule has 0 bridgehead atoms. The number of nitrogens with zero attached hydrogens (tertiary/aromatic N) is 2. The van der Waals surface area contributed by atoms with Crippen molar-refractivity contribution in [2.24, 2.45) is 0 Å². The molecule has 0 saturated heterocycles. The third-order valence-corrected chi connectivity index (χ3v) is 10.2. The van der Waals surface area contributed by atoms with Crippen molar-refractivity contribution in [1.29, 1.82) is 0 Å². The Hall–Kier alpha value is -6.58. The standard InChI is InChI=1S/C46H26N2O/c1-3-13-33-29(9-1)31-11-5-7-15-35(31)45-37(33)19-21-41(47-45)27-17-23-43-39(25-27)40-26-28(18-24-44(40)49-43)42-22-20-38-34-14-4-2-10-30(34)32-12-6-8-16-36(32)46(38)48-42/h1-26H. The van der Waals surface area contributed by atoms with Crippen LogP contribution in [0.15, 0.2) is 162 Å². The summed E-state index contributed by atoms with van der Waals surface area (Å²) in [5, 5.41) is 14.2. The fourth-order valence-corrected chi connectivity index (χ4v) is 7.94. The Morgan fingerprint density at radius 1 is 0.286 bits per heavy atom. The Kier molecular flexibility index (Phi) is 5.38. The normalized spacial score (nSPS) is 12.1. The number of furan rings is 1. The van der Waals surface area contributed by atoms with Crippen LogP contribution in [0.25, 0.3) is 109 Å². The smallest absolute Gasteiger partial charge is 0.135 e. The number of fused-ring (bicyclic) bond motifs is 15. The van der Waals surface area contributed by atoms with Gasteiger partial charge in [-0.3, -0.25) is 0 Å². The molecule has 11 aromatic rings. The molecule has 0 radical (unpaired) electrons. The van der Waals surface area contributed by atoms with Gasteiger partial charge in [-0.1, -0.05) is 97.1 Å². The highest BCUT2D eigenvalue weighted by molar-refractivity contribution is 6.25. The van der Waals surface area contributed by atoms with Gasteiger partial charge in [0.15, 0.2) is 0 Å². The first-order chi connectivity index (χ1) is 24.3. The molecule has 8 aromatic carbocycles. The van der Waals surface area contributed by atoms with Crippen LogP contribution in [-0.4, -0.2) is 9.97 Å². The van der Waals surface area contributed by atoms with Crippen LogP contribution in [0.4, 0.5) is 0 Å². The SMILES string of the molecule is c1ccc2c(c1)c1ccccc1c1nc(-c3ccc4oc5ccc(-c6ccc7c8ccccc8c8ccccc8c7n6)cc5c4c3)ccc21. The van der Waals surface area contributed by atoms with Crippen molar-refractivity contribution < 1.29 is 4.42 Å². The predicted molar refractivity (Wildman–Crippen MR) is 205 cm³/mol. The summed E-state index contributed by atoms with van der Waals surface area (Å²) in [7, 11) is 0. The van der Waals surface area contributed by atoms with E-state index < -0.39 is 0 Å². The maximum absolute atomic E-state index is 6.35. The second kappa shape index (κ2) is 9.96. The number of aromatic nitrogens is 2. The number of benzene rings is 8. The summed E-state index contributed by atoms with van der Waals surface area (Å²) in [6.07, 6.45) is 0. The molecular weight excluding hydrogens is 597 g/mol. The molecular formula is C46H26N2O. The van der Waals surface area contributed by atoms with Crippen LogP contribution in [-0.2, 0) is 0 Å². The molecule has 0 aliphatic rings. The molecule has 0 atom stereocenters. The first-order valence-electron chi connectivity index (χ1n) is 16.7. The highest BCUT2D eigenvalue weighted by Gasteiger charge is 2.15. The second-order valence-electron chi connectivity index (χ2n) is 12.9. The van der Waals surface area contributed by atoms with Gasteiger partial charge >= 0.3 is 0 Å². The van der Waals surface area contributed by atoms with Crippen LogP contribution in [0, 0.1) is 0 Å². The Morgan fingerprint density at radius 2 is 0.612 bits per heavy atom. The van der Waals surface area contributed by atoms with Crippen molar-refractivity contribution in [3.63, 3.8) is 0 Å². The van der Waals surface area contributed by atoms with E-state index in [1.165, 1.54) is 53.9 Å². The molecule has 0 amide bonds. The van der Waals surface area contributed by atoms with Gasteiger partial charge in [0, 0.05) is 43.4 Å². The fourth-order valence-electron chi connectivity index (χ4n) is 7.94. The Bertz CT molecular complexity index is 2890. The fraction of sp³-hybridized carbons (Fsp3) is 0. The molecule has 49 heavy (non-hydrogen) atoms. The first-order valence-corrected chi connectivity index (χ1v) is 16.7. The number of hydrogen-bond acceptors (Lipinski definition) is 3. The lowest BCUT2D eigenvalue weighted by Crippen LogP contribution is -1.89. The van der Waals surface area contributed by atoms with E-state index in [9.17, 15) is 0 Å². The summed E-state index contributed by atoms with van der Waals surface area (Å²) < 4.78 is 6.35. The van der Waals surface area contributed by atoms with Gasteiger partial charge in [0.05, 0.1) is 22.4 Å². The first kappa shape index (κ1) is 26.5. The molecule has 0 N–H and O–H groups in total. The van der Waals surface area contributed by atoms with Crippen molar-refractivity contribution in [3.05, 3.63) is 158 Å². The Labute approximate surface area is 280 Å². The van der Waals surface area contributed by atoms with Crippen LogP contribution < -0.4 is 0 Å². The molecule has 3 heteroatoms.